The van der Waals surface area contributed by atoms with E-state index in [9.17, 15) is 0 Å². The van der Waals surface area contributed by atoms with Gasteiger partial charge in [0.1, 0.15) is 0 Å². The Labute approximate surface area is 124 Å². The molecule has 0 heterocycles. The predicted molar refractivity (Wildman–Crippen MR) is 85.3 cm³/mol. The molecule has 0 atom stereocenters. The molecule has 0 saturated carbocycles. The summed E-state index contributed by atoms with van der Waals surface area (Å²) in [6.07, 6.45) is 0. The minimum Gasteiger partial charge on any atom is -0.309 e. The van der Waals surface area contributed by atoms with Crippen molar-refractivity contribution in [3.63, 3.8) is 0 Å². The van der Waals surface area contributed by atoms with Crippen LogP contribution in [0, 0.1) is 20.8 Å². The van der Waals surface area contributed by atoms with E-state index in [1.165, 1.54) is 32.3 Å². The third-order valence-electron chi connectivity index (χ3n) is 3.54. The first kappa shape index (κ1) is 14.3. The van der Waals surface area contributed by atoms with Crippen molar-refractivity contribution in [1.29, 1.82) is 0 Å². The molecular weight excluding hydrogens is 298 g/mol. The number of aryl methyl sites for hydroxylation is 3. The average molecular weight is 318 g/mol. The van der Waals surface area contributed by atoms with Crippen LogP contribution < -0.4 is 5.32 Å². The SMILES string of the molecule is Cc1cc(C)c(CNCc2ccccc2Br)cc1C. The van der Waals surface area contributed by atoms with Crippen molar-refractivity contribution in [3.8, 4) is 0 Å². The second-order valence-corrected chi connectivity index (χ2v) is 5.91. The van der Waals surface area contributed by atoms with Gasteiger partial charge in [0.15, 0.2) is 0 Å². The Kier molecular flexibility index (Phi) is 4.78. The first-order chi connectivity index (χ1) is 9.08. The molecule has 0 fully saturated rings. The van der Waals surface area contributed by atoms with Gasteiger partial charge in [-0.2, -0.15) is 0 Å². The van der Waals surface area contributed by atoms with Gasteiger partial charge in [0, 0.05) is 17.6 Å². The molecule has 0 bridgehead atoms. The fourth-order valence-electron chi connectivity index (χ4n) is 2.18. The fourth-order valence-corrected chi connectivity index (χ4v) is 2.61. The van der Waals surface area contributed by atoms with Gasteiger partial charge in [0.05, 0.1) is 0 Å². The third-order valence-corrected chi connectivity index (χ3v) is 4.31. The van der Waals surface area contributed by atoms with Crippen molar-refractivity contribution in [1.82, 2.24) is 5.32 Å². The van der Waals surface area contributed by atoms with E-state index >= 15 is 0 Å². The zero-order chi connectivity index (χ0) is 13.8. The van der Waals surface area contributed by atoms with Crippen molar-refractivity contribution in [2.45, 2.75) is 33.9 Å². The summed E-state index contributed by atoms with van der Waals surface area (Å²) >= 11 is 3.58. The molecule has 2 aromatic rings. The number of halogens is 1. The minimum atomic E-state index is 0.883. The maximum Gasteiger partial charge on any atom is 0.0220 e. The number of hydrogen-bond donors (Lipinski definition) is 1. The first-order valence-electron chi connectivity index (χ1n) is 6.59. The van der Waals surface area contributed by atoms with Gasteiger partial charge in [-0.15, -0.1) is 0 Å². The molecule has 0 aliphatic rings. The van der Waals surface area contributed by atoms with E-state index in [2.05, 4.69) is 72.3 Å². The predicted octanol–water partition coefficient (Wildman–Crippen LogP) is 4.66. The molecule has 0 unspecified atom stereocenters. The lowest BCUT2D eigenvalue weighted by atomic mass is 10.0. The quantitative estimate of drug-likeness (QED) is 0.864. The summed E-state index contributed by atoms with van der Waals surface area (Å²) in [5, 5.41) is 3.52. The summed E-state index contributed by atoms with van der Waals surface area (Å²) in [5.74, 6) is 0. The van der Waals surface area contributed by atoms with Gasteiger partial charge in [0.2, 0.25) is 0 Å². The van der Waals surface area contributed by atoms with Gasteiger partial charge in [-0.1, -0.05) is 46.3 Å². The van der Waals surface area contributed by atoms with Gasteiger partial charge in [-0.3, -0.25) is 0 Å². The molecule has 1 N–H and O–H groups in total. The maximum atomic E-state index is 3.58. The van der Waals surface area contributed by atoms with Crippen LogP contribution >= 0.6 is 15.9 Å². The van der Waals surface area contributed by atoms with E-state index in [1.54, 1.807) is 0 Å². The standard InChI is InChI=1S/C17H20BrN/c1-12-8-14(3)16(9-13(12)2)11-19-10-15-6-4-5-7-17(15)18/h4-9,19H,10-11H2,1-3H3. The summed E-state index contributed by atoms with van der Waals surface area (Å²) in [6, 6.07) is 12.9. The Morgan fingerprint density at radius 3 is 2.21 bits per heavy atom. The highest BCUT2D eigenvalue weighted by Gasteiger charge is 2.03. The normalized spacial score (nSPS) is 10.7. The average Bonchev–Trinajstić information content (AvgIpc) is 2.38. The van der Waals surface area contributed by atoms with Crippen LogP contribution in [0.1, 0.15) is 27.8 Å². The molecule has 2 aromatic carbocycles. The monoisotopic (exact) mass is 317 g/mol. The minimum absolute atomic E-state index is 0.883. The Balaban J connectivity index is 2.00. The van der Waals surface area contributed by atoms with Gasteiger partial charge in [0.25, 0.3) is 0 Å². The second kappa shape index (κ2) is 6.36. The Morgan fingerprint density at radius 2 is 1.47 bits per heavy atom. The Bertz CT molecular complexity index is 575. The van der Waals surface area contributed by atoms with E-state index in [-0.39, 0.29) is 0 Å². The highest BCUT2D eigenvalue weighted by Crippen LogP contribution is 2.17. The van der Waals surface area contributed by atoms with Crippen LogP contribution in [-0.4, -0.2) is 0 Å². The molecule has 0 spiro atoms. The molecule has 19 heavy (non-hydrogen) atoms. The topological polar surface area (TPSA) is 12.0 Å². The lowest BCUT2D eigenvalue weighted by molar-refractivity contribution is 0.688. The summed E-state index contributed by atoms with van der Waals surface area (Å²) in [7, 11) is 0. The summed E-state index contributed by atoms with van der Waals surface area (Å²) < 4.78 is 1.17. The van der Waals surface area contributed by atoms with Crippen molar-refractivity contribution < 1.29 is 0 Å². The molecule has 0 radical (unpaired) electrons. The van der Waals surface area contributed by atoms with Gasteiger partial charge >= 0.3 is 0 Å². The molecule has 100 valence electrons. The van der Waals surface area contributed by atoms with Crippen molar-refractivity contribution in [2.24, 2.45) is 0 Å². The summed E-state index contributed by atoms with van der Waals surface area (Å²) in [4.78, 5) is 0. The highest BCUT2D eigenvalue weighted by atomic mass is 79.9. The van der Waals surface area contributed by atoms with Gasteiger partial charge in [-0.05, 0) is 54.7 Å². The van der Waals surface area contributed by atoms with Crippen LogP contribution in [0.25, 0.3) is 0 Å². The number of rotatable bonds is 4. The summed E-state index contributed by atoms with van der Waals surface area (Å²) in [5.41, 5.74) is 6.78. The molecule has 0 aliphatic carbocycles. The zero-order valence-corrected chi connectivity index (χ0v) is 13.3. The van der Waals surface area contributed by atoms with Crippen molar-refractivity contribution in [3.05, 3.63) is 68.7 Å². The first-order valence-corrected chi connectivity index (χ1v) is 7.38. The van der Waals surface area contributed by atoms with E-state index < -0.39 is 0 Å². The van der Waals surface area contributed by atoms with Crippen molar-refractivity contribution >= 4 is 15.9 Å². The van der Waals surface area contributed by atoms with Crippen molar-refractivity contribution in [2.75, 3.05) is 0 Å². The van der Waals surface area contributed by atoms with Crippen LogP contribution in [0.2, 0.25) is 0 Å². The number of nitrogens with one attached hydrogen (secondary N) is 1. The molecule has 2 heteroatoms. The Morgan fingerprint density at radius 1 is 0.842 bits per heavy atom. The smallest absolute Gasteiger partial charge is 0.0220 e. The fraction of sp³-hybridized carbons (Fsp3) is 0.294. The van der Waals surface area contributed by atoms with Crippen LogP contribution in [0.4, 0.5) is 0 Å². The summed E-state index contributed by atoms with van der Waals surface area (Å²) in [6.45, 7) is 8.32. The zero-order valence-electron chi connectivity index (χ0n) is 11.8. The molecule has 2 rings (SSSR count). The molecule has 1 nitrogen and oxygen atoms in total. The molecule has 0 saturated heterocycles. The van der Waals surface area contributed by atoms with E-state index in [0.717, 1.165) is 13.1 Å². The number of hydrogen-bond acceptors (Lipinski definition) is 1. The van der Waals surface area contributed by atoms with E-state index in [1.807, 2.05) is 6.07 Å². The maximum absolute atomic E-state index is 3.58. The van der Waals surface area contributed by atoms with Gasteiger partial charge in [-0.25, -0.2) is 0 Å². The van der Waals surface area contributed by atoms with E-state index in [4.69, 9.17) is 0 Å². The van der Waals surface area contributed by atoms with Crippen LogP contribution in [0.15, 0.2) is 40.9 Å². The van der Waals surface area contributed by atoms with Crippen LogP contribution in [-0.2, 0) is 13.1 Å². The Hall–Kier alpha value is -1.12. The van der Waals surface area contributed by atoms with Gasteiger partial charge < -0.3 is 5.32 Å². The van der Waals surface area contributed by atoms with Crippen LogP contribution in [0.3, 0.4) is 0 Å². The second-order valence-electron chi connectivity index (χ2n) is 5.06. The molecular formula is C17H20BrN. The lowest BCUT2D eigenvalue weighted by Gasteiger charge is -2.11. The third kappa shape index (κ3) is 3.68. The largest absolute Gasteiger partial charge is 0.309 e. The number of benzene rings is 2. The highest BCUT2D eigenvalue weighted by molar-refractivity contribution is 9.10. The molecule has 0 aromatic heterocycles. The molecule has 0 amide bonds. The van der Waals surface area contributed by atoms with E-state index in [0.29, 0.717) is 0 Å². The molecule has 0 aliphatic heterocycles. The lowest BCUT2D eigenvalue weighted by Crippen LogP contribution is -2.14. The van der Waals surface area contributed by atoms with Crippen LogP contribution in [0.5, 0.6) is 0 Å².